The molecular formula is C30H41N2O6. The summed E-state index contributed by atoms with van der Waals surface area (Å²) < 4.78 is 11.2. The molecule has 0 saturated heterocycles. The molecular weight excluding hydrogens is 484 g/mol. The van der Waals surface area contributed by atoms with Crippen molar-refractivity contribution in [1.29, 1.82) is 0 Å². The number of rotatable bonds is 5. The molecule has 0 aromatic heterocycles. The van der Waals surface area contributed by atoms with Crippen LogP contribution in [0.25, 0.3) is 0 Å². The molecule has 0 saturated carbocycles. The topological polar surface area (TPSA) is 114 Å². The lowest BCUT2D eigenvalue weighted by atomic mass is 9.85. The van der Waals surface area contributed by atoms with Crippen LogP contribution in [0.5, 0.6) is 0 Å². The van der Waals surface area contributed by atoms with Crippen molar-refractivity contribution in [2.24, 2.45) is 11.8 Å². The monoisotopic (exact) mass is 525 g/mol. The third kappa shape index (κ3) is 8.48. The maximum Gasteiger partial charge on any atom is 0.251 e. The molecule has 8 heteroatoms. The Labute approximate surface area is 226 Å². The van der Waals surface area contributed by atoms with Crippen LogP contribution in [0, 0.1) is 18.3 Å². The smallest absolute Gasteiger partial charge is 0.251 e. The lowest BCUT2D eigenvalue weighted by Crippen LogP contribution is -2.37. The minimum atomic E-state index is -0.791. The van der Waals surface area contributed by atoms with Crippen molar-refractivity contribution in [3.8, 4) is 0 Å². The van der Waals surface area contributed by atoms with Gasteiger partial charge in [0.05, 0.1) is 29.7 Å². The summed E-state index contributed by atoms with van der Waals surface area (Å²) in [6.07, 6.45) is 10.8. The van der Waals surface area contributed by atoms with Gasteiger partial charge in [-0.3, -0.25) is 14.4 Å². The van der Waals surface area contributed by atoms with E-state index in [0.717, 1.165) is 11.6 Å². The molecule has 207 valence electrons. The van der Waals surface area contributed by atoms with Gasteiger partial charge in [-0.05, 0) is 32.6 Å². The van der Waals surface area contributed by atoms with E-state index in [1.165, 1.54) is 0 Å². The summed E-state index contributed by atoms with van der Waals surface area (Å²) >= 11 is 0. The molecule has 2 bridgehead atoms. The van der Waals surface area contributed by atoms with Crippen molar-refractivity contribution in [1.82, 2.24) is 10.6 Å². The fraction of sp³-hybridized carbons (Fsp3) is 0.467. The fourth-order valence-corrected chi connectivity index (χ4v) is 4.53. The number of nitrogens with one attached hydrogen (secondary N) is 2. The standard InChI is InChI=1S/C30H41N2O6/c1-8-12-31-27-23-15-19(3)16-26(38-7)28(34)21(5)13-18(2)14-22(37-6)11-9-10-20(4)30(36)32-24(29(23)35)17-25(27)33/h8-11,13-14,17,19,21-22,26,28,31,34H,1,12,15-16H2,2-7H3,(H,32,36)/b11-9+,18-13+,20-10+/t19-,21-,22+,26-,28+/m0/s1. The molecule has 3 N–H and O–H groups in total. The van der Waals surface area contributed by atoms with E-state index >= 15 is 0 Å². The predicted octanol–water partition coefficient (Wildman–Crippen LogP) is 3.28. The number of aliphatic hydroxyl groups excluding tert-OH is 1. The SMILES string of the molecule is C=CCNC1=C2C[C@H](C)C[C@H](OC)[C@H](O)[C@@H](C)/C=C(\C)[CH][C@H](OC)/C=C/C=C(\C)C(=O)NC(=CC1=O)C2=O. The normalized spacial score (nSPS) is 31.9. The summed E-state index contributed by atoms with van der Waals surface area (Å²) in [4.78, 5) is 39.3. The lowest BCUT2D eigenvalue weighted by molar-refractivity contribution is -0.120. The van der Waals surface area contributed by atoms with Gasteiger partial charge in [0, 0.05) is 50.3 Å². The zero-order valence-corrected chi connectivity index (χ0v) is 23.2. The van der Waals surface area contributed by atoms with Crippen LogP contribution in [-0.4, -0.2) is 61.7 Å². The number of carbonyl (C=O) groups is 3. The van der Waals surface area contributed by atoms with Crippen LogP contribution < -0.4 is 10.6 Å². The van der Waals surface area contributed by atoms with Gasteiger partial charge in [-0.1, -0.05) is 49.8 Å². The Balaban J connectivity index is 2.52. The van der Waals surface area contributed by atoms with Gasteiger partial charge < -0.3 is 25.2 Å². The summed E-state index contributed by atoms with van der Waals surface area (Å²) in [6, 6.07) is 0. The van der Waals surface area contributed by atoms with Crippen LogP contribution in [0.3, 0.4) is 0 Å². The van der Waals surface area contributed by atoms with Crippen LogP contribution in [0.15, 0.2) is 71.1 Å². The number of hydrogen-bond acceptors (Lipinski definition) is 7. The molecule has 0 aromatic rings. The minimum Gasteiger partial charge on any atom is -0.390 e. The molecule has 2 rings (SSSR count). The Hall–Kier alpha value is -3.07. The van der Waals surface area contributed by atoms with E-state index in [9.17, 15) is 19.5 Å². The van der Waals surface area contributed by atoms with E-state index in [2.05, 4.69) is 17.2 Å². The summed E-state index contributed by atoms with van der Waals surface area (Å²) in [7, 11) is 3.13. The number of hydrogen-bond donors (Lipinski definition) is 3. The first-order valence-corrected chi connectivity index (χ1v) is 12.8. The Morgan fingerprint density at radius 3 is 2.53 bits per heavy atom. The highest BCUT2D eigenvalue weighted by atomic mass is 16.5. The average molecular weight is 526 g/mol. The number of methoxy groups -OCH3 is 2. The van der Waals surface area contributed by atoms with E-state index in [1.54, 1.807) is 45.4 Å². The van der Waals surface area contributed by atoms with Crippen LogP contribution in [0.4, 0.5) is 0 Å². The van der Waals surface area contributed by atoms with E-state index in [4.69, 9.17) is 9.47 Å². The molecule has 0 unspecified atom stereocenters. The summed E-state index contributed by atoms with van der Waals surface area (Å²) in [5.74, 6) is -1.64. The van der Waals surface area contributed by atoms with Crippen molar-refractivity contribution in [3.63, 3.8) is 0 Å². The molecule has 1 aliphatic heterocycles. The molecule has 8 nitrogen and oxygen atoms in total. The van der Waals surface area contributed by atoms with Gasteiger partial charge in [0.2, 0.25) is 11.6 Å². The highest BCUT2D eigenvalue weighted by Crippen LogP contribution is 2.28. The molecule has 1 aliphatic carbocycles. The van der Waals surface area contributed by atoms with Crippen LogP contribution in [-0.2, 0) is 23.9 Å². The first kappa shape index (κ1) is 31.1. The third-order valence-corrected chi connectivity index (χ3v) is 6.65. The molecule has 1 radical (unpaired) electrons. The van der Waals surface area contributed by atoms with Gasteiger partial charge in [0.1, 0.15) is 0 Å². The number of allylic oxidation sites excluding steroid dienone is 4. The molecule has 0 spiro atoms. The van der Waals surface area contributed by atoms with Gasteiger partial charge in [-0.15, -0.1) is 6.58 Å². The maximum atomic E-state index is 13.5. The number of amides is 1. The number of ketones is 2. The molecule has 0 aromatic carbocycles. The first-order chi connectivity index (χ1) is 18.0. The van der Waals surface area contributed by atoms with Crippen LogP contribution in [0.1, 0.15) is 40.5 Å². The molecule has 0 fully saturated rings. The number of aliphatic hydroxyl groups is 1. The Morgan fingerprint density at radius 2 is 1.89 bits per heavy atom. The van der Waals surface area contributed by atoms with Crippen molar-refractivity contribution in [2.75, 3.05) is 20.8 Å². The Morgan fingerprint density at radius 1 is 1.18 bits per heavy atom. The molecule has 1 amide bonds. The molecule has 5 atom stereocenters. The number of fused-ring (bicyclic) bond motifs is 2. The Bertz CT molecular complexity index is 1060. The van der Waals surface area contributed by atoms with E-state index in [-0.39, 0.29) is 41.3 Å². The van der Waals surface area contributed by atoms with Crippen molar-refractivity contribution >= 4 is 17.5 Å². The highest BCUT2D eigenvalue weighted by Gasteiger charge is 2.32. The first-order valence-electron chi connectivity index (χ1n) is 12.8. The maximum absolute atomic E-state index is 13.5. The van der Waals surface area contributed by atoms with E-state index < -0.39 is 29.7 Å². The van der Waals surface area contributed by atoms with Gasteiger partial charge >= 0.3 is 0 Å². The second-order valence-electron chi connectivity index (χ2n) is 9.91. The van der Waals surface area contributed by atoms with E-state index in [1.807, 2.05) is 33.3 Å². The van der Waals surface area contributed by atoms with Crippen molar-refractivity contribution in [3.05, 3.63) is 77.6 Å². The van der Waals surface area contributed by atoms with Gasteiger partial charge in [-0.25, -0.2) is 0 Å². The Kier molecular flexibility index (Phi) is 12.1. The lowest BCUT2D eigenvalue weighted by Gasteiger charge is -2.29. The average Bonchev–Trinajstić information content (AvgIpc) is 2.87. The van der Waals surface area contributed by atoms with Crippen molar-refractivity contribution < 1.29 is 29.0 Å². The molecule has 1 heterocycles. The number of ether oxygens (including phenoxy) is 2. The van der Waals surface area contributed by atoms with Crippen LogP contribution in [0.2, 0.25) is 0 Å². The van der Waals surface area contributed by atoms with Crippen molar-refractivity contribution in [2.45, 2.75) is 58.8 Å². The summed E-state index contributed by atoms with van der Waals surface area (Å²) in [6.45, 7) is 11.4. The molecule has 2 aliphatic rings. The molecule has 38 heavy (non-hydrogen) atoms. The minimum absolute atomic E-state index is 0.0686. The van der Waals surface area contributed by atoms with Gasteiger partial charge in [0.25, 0.3) is 5.91 Å². The second kappa shape index (κ2) is 14.8. The quantitative estimate of drug-likeness (QED) is 0.373. The summed E-state index contributed by atoms with van der Waals surface area (Å²) in [5.41, 5.74) is 1.70. The second-order valence-corrected chi connectivity index (χ2v) is 9.91. The largest absolute Gasteiger partial charge is 0.390 e. The summed E-state index contributed by atoms with van der Waals surface area (Å²) in [5, 5.41) is 16.7. The predicted molar refractivity (Wildman–Crippen MR) is 148 cm³/mol. The third-order valence-electron chi connectivity index (χ3n) is 6.65. The fourth-order valence-electron chi connectivity index (χ4n) is 4.53. The number of Topliss-reactive ketones (excluding diaryl/α,β-unsaturated/α-hetero) is 1. The van der Waals surface area contributed by atoms with Crippen LogP contribution >= 0.6 is 0 Å². The zero-order valence-electron chi connectivity index (χ0n) is 23.2. The van der Waals surface area contributed by atoms with Gasteiger partial charge in [0.15, 0.2) is 0 Å². The number of carbonyl (C=O) groups excluding carboxylic acids is 3. The highest BCUT2D eigenvalue weighted by molar-refractivity contribution is 6.23. The van der Waals surface area contributed by atoms with E-state index in [0.29, 0.717) is 18.5 Å². The van der Waals surface area contributed by atoms with Gasteiger partial charge in [-0.2, -0.15) is 0 Å². The zero-order chi connectivity index (χ0) is 28.4.